The zero-order chi connectivity index (χ0) is 19.7. The van der Waals surface area contributed by atoms with Gasteiger partial charge in [-0.05, 0) is 0 Å². The van der Waals surface area contributed by atoms with Crippen LogP contribution in [0.5, 0.6) is 0 Å². The zero-order valence-corrected chi connectivity index (χ0v) is 19.3. The fraction of sp³-hybridized carbons (Fsp3) is 0. The van der Waals surface area contributed by atoms with Gasteiger partial charge in [0, 0.05) is 0 Å². The molecule has 0 spiro atoms. The molecule has 2 aromatic rings. The first-order valence-corrected chi connectivity index (χ1v) is 13.0. The Morgan fingerprint density at radius 2 is 0.857 bits per heavy atom. The first-order chi connectivity index (χ1) is 13.5. The van der Waals surface area contributed by atoms with E-state index in [-0.39, 0.29) is 41.6 Å². The molecule has 0 unspecified atom stereocenters. The van der Waals surface area contributed by atoms with Gasteiger partial charge in [0.1, 0.15) is 0 Å². The number of amidine groups is 2. The molecular weight excluding hydrogens is 478 g/mol. The number of hydrogen-bond donors (Lipinski definition) is 4. The van der Waals surface area contributed by atoms with Crippen molar-refractivity contribution in [2.75, 3.05) is 0 Å². The fourth-order valence-electron chi connectivity index (χ4n) is 3.10. The normalized spacial score (nSPS) is 18.4. The Labute approximate surface area is 176 Å². The summed E-state index contributed by atoms with van der Waals surface area (Å²) in [5, 5.41) is 15.0. The Kier molecular flexibility index (Phi) is 5.21. The first-order valence-electron chi connectivity index (χ1n) is 8.79. The second-order valence-corrected chi connectivity index (χ2v) is 12.1. The van der Waals surface area contributed by atoms with E-state index in [1.54, 1.807) is 0 Å². The fourth-order valence-corrected chi connectivity index (χ4v) is 9.30. The minimum atomic E-state index is -0.343. The van der Waals surface area contributed by atoms with Gasteiger partial charge in [0.25, 0.3) is 0 Å². The number of allylic oxidation sites excluding steroid dienone is 6. The standard InChI is InChI=1S/C22H22N4Se2/c23-21(24)15-5-1-13(2-6-15)17-9-11-19(27-17)20-12-10-18(28-20)14-3-7-16(8-4-14)22(25)26/h1-12H,27-28H2,(H3,23,24)(H3,25,26). The molecule has 0 amide bonds. The summed E-state index contributed by atoms with van der Waals surface area (Å²) >= 11 is -0.685. The molecule has 0 saturated heterocycles. The average molecular weight is 500 g/mol. The van der Waals surface area contributed by atoms with E-state index in [4.69, 9.17) is 22.3 Å². The summed E-state index contributed by atoms with van der Waals surface area (Å²) in [6.45, 7) is 0. The van der Waals surface area contributed by atoms with Gasteiger partial charge < -0.3 is 0 Å². The van der Waals surface area contributed by atoms with Crippen LogP contribution in [0.2, 0.25) is 0 Å². The number of nitrogens with one attached hydrogen (secondary N) is 2. The van der Waals surface area contributed by atoms with Gasteiger partial charge in [-0.3, -0.25) is 0 Å². The van der Waals surface area contributed by atoms with E-state index in [0.29, 0.717) is 0 Å². The van der Waals surface area contributed by atoms with Gasteiger partial charge in [0.15, 0.2) is 0 Å². The molecule has 0 atom stereocenters. The van der Waals surface area contributed by atoms with E-state index in [1.807, 2.05) is 24.3 Å². The van der Waals surface area contributed by atoms with E-state index < -0.39 is 0 Å². The van der Waals surface area contributed by atoms with Gasteiger partial charge in [-0.15, -0.1) is 0 Å². The van der Waals surface area contributed by atoms with Crippen molar-refractivity contribution in [3.63, 3.8) is 0 Å². The number of rotatable bonds is 5. The van der Waals surface area contributed by atoms with Gasteiger partial charge in [0.2, 0.25) is 0 Å². The summed E-state index contributed by atoms with van der Waals surface area (Å²) < 4.78 is 5.91. The van der Waals surface area contributed by atoms with Crippen LogP contribution in [0.4, 0.5) is 0 Å². The Hall–Kier alpha value is -2.62. The topological polar surface area (TPSA) is 99.7 Å². The molecule has 2 aliphatic rings. The van der Waals surface area contributed by atoms with Crippen molar-refractivity contribution >= 4 is 50.5 Å². The summed E-state index contributed by atoms with van der Waals surface area (Å²) in [4.78, 5) is 0. The summed E-state index contributed by atoms with van der Waals surface area (Å²) in [6.07, 6.45) is 9.09. The zero-order valence-electron chi connectivity index (χ0n) is 15.1. The van der Waals surface area contributed by atoms with Crippen molar-refractivity contribution in [3.05, 3.63) is 104 Å². The molecule has 0 fully saturated rings. The molecule has 0 radical (unpaired) electrons. The summed E-state index contributed by atoms with van der Waals surface area (Å²) in [6, 6.07) is 16.0. The van der Waals surface area contributed by atoms with Gasteiger partial charge in [-0.1, -0.05) is 0 Å². The molecule has 0 aliphatic carbocycles. The van der Waals surface area contributed by atoms with Crippen LogP contribution in [-0.2, 0) is 0 Å². The molecule has 2 aromatic carbocycles. The third-order valence-electron chi connectivity index (χ3n) is 4.68. The van der Waals surface area contributed by atoms with Crippen LogP contribution in [0.3, 0.4) is 0 Å². The molecule has 4 nitrogen and oxygen atoms in total. The van der Waals surface area contributed by atoms with Crippen LogP contribution in [0.25, 0.3) is 8.94 Å². The van der Waals surface area contributed by atoms with Gasteiger partial charge >= 0.3 is 177 Å². The molecule has 4 rings (SSSR count). The molecule has 0 aromatic heterocycles. The monoisotopic (exact) mass is 502 g/mol. The molecule has 28 heavy (non-hydrogen) atoms. The molecule has 0 saturated carbocycles. The van der Waals surface area contributed by atoms with Crippen LogP contribution in [0, 0.1) is 10.8 Å². The number of nitrogen functional groups attached to an aromatic ring is 2. The van der Waals surface area contributed by atoms with Crippen molar-refractivity contribution in [1.82, 2.24) is 0 Å². The van der Waals surface area contributed by atoms with Crippen molar-refractivity contribution in [2.24, 2.45) is 11.5 Å². The predicted molar refractivity (Wildman–Crippen MR) is 124 cm³/mol. The molecule has 2 heterocycles. The predicted octanol–water partition coefficient (Wildman–Crippen LogP) is 1.77. The van der Waals surface area contributed by atoms with Crippen LogP contribution in [-0.4, -0.2) is 41.6 Å². The summed E-state index contributed by atoms with van der Waals surface area (Å²) in [7, 11) is 0. The Morgan fingerprint density at radius 1 is 0.536 bits per heavy atom. The van der Waals surface area contributed by atoms with Crippen LogP contribution >= 0.6 is 0 Å². The second-order valence-electron chi connectivity index (χ2n) is 6.55. The van der Waals surface area contributed by atoms with E-state index >= 15 is 0 Å². The average Bonchev–Trinajstić information content (AvgIpc) is 3.38. The Bertz CT molecular complexity index is 999. The first kappa shape index (κ1) is 18.7. The van der Waals surface area contributed by atoms with Crippen LogP contribution < -0.4 is 11.5 Å². The molecule has 0 bridgehead atoms. The van der Waals surface area contributed by atoms with Gasteiger partial charge in [-0.2, -0.15) is 0 Å². The van der Waals surface area contributed by atoms with Crippen molar-refractivity contribution < 1.29 is 0 Å². The minimum absolute atomic E-state index is 0.109. The molecule has 6 heteroatoms. The Morgan fingerprint density at radius 3 is 1.18 bits per heavy atom. The van der Waals surface area contributed by atoms with Crippen LogP contribution in [0.1, 0.15) is 22.3 Å². The second kappa shape index (κ2) is 7.78. The van der Waals surface area contributed by atoms with E-state index in [1.165, 1.54) is 29.0 Å². The Balaban J connectivity index is 1.40. The maximum atomic E-state index is 7.52. The van der Waals surface area contributed by atoms with Gasteiger partial charge in [0.05, 0.1) is 0 Å². The molecular formula is C22H22N4Se2. The quantitative estimate of drug-likeness (QED) is 0.286. The summed E-state index contributed by atoms with van der Waals surface area (Å²) in [5.41, 5.74) is 15.1. The maximum absolute atomic E-state index is 7.52. The number of benzene rings is 2. The molecule has 2 aliphatic heterocycles. The third kappa shape index (κ3) is 3.82. The van der Waals surface area contributed by atoms with E-state index in [9.17, 15) is 0 Å². The van der Waals surface area contributed by atoms with Crippen LogP contribution in [0.15, 0.2) is 81.8 Å². The van der Waals surface area contributed by atoms with Crippen molar-refractivity contribution in [1.29, 1.82) is 10.8 Å². The number of nitrogens with two attached hydrogens (primary N) is 2. The third-order valence-corrected chi connectivity index (χ3v) is 11.8. The SMILES string of the molecule is N=C(N)c1ccc(C2=CC=C(C3=CC=C(c4ccc(C(=N)N)cc4)[SeH2]3)[SeH2]2)cc1. The van der Waals surface area contributed by atoms with E-state index in [2.05, 4.69) is 48.6 Å². The summed E-state index contributed by atoms with van der Waals surface area (Å²) in [5.74, 6) is 0.219. The molecule has 142 valence electrons. The van der Waals surface area contributed by atoms with Crippen molar-refractivity contribution in [3.8, 4) is 0 Å². The van der Waals surface area contributed by atoms with E-state index in [0.717, 1.165) is 11.1 Å². The van der Waals surface area contributed by atoms with Gasteiger partial charge in [-0.25, -0.2) is 0 Å². The van der Waals surface area contributed by atoms with Crippen molar-refractivity contribution in [2.45, 2.75) is 0 Å². The molecule has 6 N–H and O–H groups in total. The number of hydrogen-bond acceptors (Lipinski definition) is 2.